The van der Waals surface area contributed by atoms with Crippen LogP contribution in [0.15, 0.2) is 66.0 Å². The molecule has 0 N–H and O–H groups in total. The van der Waals surface area contributed by atoms with E-state index in [1.165, 1.54) is 17.8 Å². The molecule has 0 bridgehead atoms. The molecule has 0 unspecified atom stereocenters. The minimum atomic E-state index is -0.392. The van der Waals surface area contributed by atoms with Crippen LogP contribution >= 0.6 is 11.8 Å². The Balaban J connectivity index is 1.60. The van der Waals surface area contributed by atoms with Crippen molar-refractivity contribution in [2.24, 2.45) is 0 Å². The first kappa shape index (κ1) is 16.2. The Kier molecular flexibility index (Phi) is 4.28. The standard InChI is InChI=1S/C17H12N6O2S/c24-23(25)14-3-1-2-12(10-14)11-26-16-5-4-15-19-20-17(22(15)21-16)13-6-8-18-9-7-13/h1-10H,11H2. The van der Waals surface area contributed by atoms with Crippen molar-refractivity contribution in [2.45, 2.75) is 10.8 Å². The Hall–Kier alpha value is -3.33. The molecule has 26 heavy (non-hydrogen) atoms. The number of benzene rings is 1. The third-order valence-electron chi connectivity index (χ3n) is 3.68. The monoisotopic (exact) mass is 364 g/mol. The zero-order valence-electron chi connectivity index (χ0n) is 13.4. The summed E-state index contributed by atoms with van der Waals surface area (Å²) >= 11 is 1.49. The second kappa shape index (κ2) is 6.89. The molecule has 0 spiro atoms. The van der Waals surface area contributed by atoms with Crippen molar-refractivity contribution < 1.29 is 4.92 Å². The van der Waals surface area contributed by atoms with E-state index in [2.05, 4.69) is 20.3 Å². The smallest absolute Gasteiger partial charge is 0.265 e. The molecule has 0 saturated carbocycles. The lowest BCUT2D eigenvalue weighted by Gasteiger charge is -2.03. The average Bonchev–Trinajstić information content (AvgIpc) is 3.10. The molecule has 4 aromatic rings. The Morgan fingerprint density at radius 3 is 2.73 bits per heavy atom. The highest BCUT2D eigenvalue weighted by Gasteiger charge is 2.11. The highest BCUT2D eigenvalue weighted by atomic mass is 32.2. The summed E-state index contributed by atoms with van der Waals surface area (Å²) in [7, 11) is 0. The molecule has 8 nitrogen and oxygen atoms in total. The maximum Gasteiger partial charge on any atom is 0.269 e. The molecule has 0 fully saturated rings. The Morgan fingerprint density at radius 1 is 1.08 bits per heavy atom. The van der Waals surface area contributed by atoms with Crippen LogP contribution in [0, 0.1) is 10.1 Å². The molecule has 128 valence electrons. The van der Waals surface area contributed by atoms with Crippen LogP contribution in [0.1, 0.15) is 5.56 Å². The molecule has 0 saturated heterocycles. The lowest BCUT2D eigenvalue weighted by atomic mass is 10.2. The Labute approximate surface area is 152 Å². The third kappa shape index (κ3) is 3.24. The second-order valence-corrected chi connectivity index (χ2v) is 6.41. The van der Waals surface area contributed by atoms with E-state index in [1.54, 1.807) is 29.0 Å². The number of nitrogens with zero attached hydrogens (tertiary/aromatic N) is 6. The van der Waals surface area contributed by atoms with Crippen LogP contribution in [0.5, 0.6) is 0 Å². The van der Waals surface area contributed by atoms with Gasteiger partial charge in [-0.3, -0.25) is 15.1 Å². The fourth-order valence-corrected chi connectivity index (χ4v) is 3.24. The highest BCUT2D eigenvalue weighted by molar-refractivity contribution is 7.98. The molecule has 0 radical (unpaired) electrons. The fourth-order valence-electron chi connectivity index (χ4n) is 2.45. The molecular formula is C17H12N6O2S. The molecule has 3 heterocycles. The lowest BCUT2D eigenvalue weighted by Crippen LogP contribution is -1.97. The zero-order valence-corrected chi connectivity index (χ0v) is 14.2. The highest BCUT2D eigenvalue weighted by Crippen LogP contribution is 2.24. The SMILES string of the molecule is O=[N+]([O-])c1cccc(CSc2ccc3nnc(-c4ccncc4)n3n2)c1. The van der Waals surface area contributed by atoms with Gasteiger partial charge in [-0.15, -0.1) is 10.2 Å². The number of non-ortho nitro benzene ring substituents is 1. The third-order valence-corrected chi connectivity index (χ3v) is 4.68. The van der Waals surface area contributed by atoms with Gasteiger partial charge in [0.1, 0.15) is 5.03 Å². The number of hydrogen-bond donors (Lipinski definition) is 0. The van der Waals surface area contributed by atoms with Gasteiger partial charge in [0.25, 0.3) is 5.69 Å². The van der Waals surface area contributed by atoms with Crippen LogP contribution in [-0.4, -0.2) is 29.7 Å². The minimum Gasteiger partial charge on any atom is -0.265 e. The predicted molar refractivity (Wildman–Crippen MR) is 96.7 cm³/mol. The van der Waals surface area contributed by atoms with Crippen molar-refractivity contribution >= 4 is 23.1 Å². The average molecular weight is 364 g/mol. The van der Waals surface area contributed by atoms with Gasteiger partial charge in [0, 0.05) is 35.8 Å². The molecule has 3 aromatic heterocycles. The van der Waals surface area contributed by atoms with Gasteiger partial charge in [-0.1, -0.05) is 23.9 Å². The van der Waals surface area contributed by atoms with Crippen LogP contribution in [0.2, 0.25) is 0 Å². The number of hydrogen-bond acceptors (Lipinski definition) is 7. The summed E-state index contributed by atoms with van der Waals surface area (Å²) in [4.78, 5) is 14.5. The van der Waals surface area contributed by atoms with Crippen molar-refractivity contribution in [3.05, 3.63) is 76.6 Å². The summed E-state index contributed by atoms with van der Waals surface area (Å²) in [5.74, 6) is 1.22. The number of rotatable bonds is 5. The van der Waals surface area contributed by atoms with Crippen LogP contribution in [0.4, 0.5) is 5.69 Å². The normalized spacial score (nSPS) is 10.9. The van der Waals surface area contributed by atoms with Crippen molar-refractivity contribution in [1.82, 2.24) is 24.8 Å². The van der Waals surface area contributed by atoms with Crippen molar-refractivity contribution in [2.75, 3.05) is 0 Å². The first-order chi connectivity index (χ1) is 12.7. The van der Waals surface area contributed by atoms with Gasteiger partial charge < -0.3 is 0 Å². The van der Waals surface area contributed by atoms with Crippen molar-refractivity contribution in [1.29, 1.82) is 0 Å². The summed E-state index contributed by atoms with van der Waals surface area (Å²) < 4.78 is 1.69. The van der Waals surface area contributed by atoms with Crippen LogP contribution < -0.4 is 0 Å². The molecule has 0 aliphatic heterocycles. The first-order valence-corrected chi connectivity index (χ1v) is 8.68. The molecule has 9 heteroatoms. The van der Waals surface area contributed by atoms with Gasteiger partial charge >= 0.3 is 0 Å². The second-order valence-electron chi connectivity index (χ2n) is 5.42. The minimum absolute atomic E-state index is 0.0882. The topological polar surface area (TPSA) is 99.1 Å². The van der Waals surface area contributed by atoms with Gasteiger partial charge in [0.15, 0.2) is 11.5 Å². The summed E-state index contributed by atoms with van der Waals surface area (Å²) in [6.07, 6.45) is 3.38. The lowest BCUT2D eigenvalue weighted by molar-refractivity contribution is -0.384. The summed E-state index contributed by atoms with van der Waals surface area (Å²) in [5.41, 5.74) is 2.48. The number of thioether (sulfide) groups is 1. The van der Waals surface area contributed by atoms with Crippen LogP contribution in [-0.2, 0) is 5.75 Å². The van der Waals surface area contributed by atoms with E-state index in [9.17, 15) is 10.1 Å². The van der Waals surface area contributed by atoms with Gasteiger partial charge in [-0.2, -0.15) is 9.61 Å². The van der Waals surface area contributed by atoms with Gasteiger partial charge in [-0.05, 0) is 29.8 Å². The van der Waals surface area contributed by atoms with Crippen LogP contribution in [0.3, 0.4) is 0 Å². The molecule has 1 aromatic carbocycles. The summed E-state index contributed by atoms with van der Waals surface area (Å²) in [6.45, 7) is 0. The van der Waals surface area contributed by atoms with E-state index in [1.807, 2.05) is 30.3 Å². The molecule has 0 aliphatic rings. The van der Waals surface area contributed by atoms with E-state index >= 15 is 0 Å². The zero-order chi connectivity index (χ0) is 17.9. The van der Waals surface area contributed by atoms with Crippen molar-refractivity contribution in [3.63, 3.8) is 0 Å². The number of pyridine rings is 1. The maximum absolute atomic E-state index is 10.9. The molecule has 4 rings (SSSR count). The van der Waals surface area contributed by atoms with E-state index in [0.717, 1.165) is 16.2 Å². The number of nitro benzene ring substituents is 1. The molecule has 0 atom stereocenters. The quantitative estimate of drug-likeness (QED) is 0.304. The van der Waals surface area contributed by atoms with Crippen LogP contribution in [0.25, 0.3) is 17.0 Å². The Bertz CT molecular complexity index is 1080. The van der Waals surface area contributed by atoms with Crippen molar-refractivity contribution in [3.8, 4) is 11.4 Å². The molecular weight excluding hydrogens is 352 g/mol. The van der Waals surface area contributed by atoms with Gasteiger partial charge in [0.05, 0.1) is 4.92 Å². The fraction of sp³-hybridized carbons (Fsp3) is 0.0588. The number of nitro groups is 1. The summed E-state index contributed by atoms with van der Waals surface area (Å²) in [6, 6.07) is 14.0. The molecule has 0 aliphatic carbocycles. The number of aromatic nitrogens is 5. The van der Waals surface area contributed by atoms with E-state index in [4.69, 9.17) is 0 Å². The van der Waals surface area contributed by atoms with Gasteiger partial charge in [-0.25, -0.2) is 0 Å². The maximum atomic E-state index is 10.9. The Morgan fingerprint density at radius 2 is 1.92 bits per heavy atom. The first-order valence-electron chi connectivity index (χ1n) is 7.70. The van der Waals surface area contributed by atoms with E-state index in [-0.39, 0.29) is 5.69 Å². The van der Waals surface area contributed by atoms with E-state index in [0.29, 0.717) is 17.2 Å². The van der Waals surface area contributed by atoms with Gasteiger partial charge in [0.2, 0.25) is 0 Å². The van der Waals surface area contributed by atoms with E-state index < -0.39 is 4.92 Å². The predicted octanol–water partition coefficient (Wildman–Crippen LogP) is 3.39. The summed E-state index contributed by atoms with van der Waals surface area (Å²) in [5, 5.41) is 24.6. The molecule has 0 amide bonds. The largest absolute Gasteiger partial charge is 0.269 e. The number of fused-ring (bicyclic) bond motifs is 1.